The minimum atomic E-state index is -1.47. The molecule has 1 heterocycles. The van der Waals surface area contributed by atoms with Crippen LogP contribution in [0.25, 0.3) is 0 Å². The van der Waals surface area contributed by atoms with Crippen molar-refractivity contribution in [1.29, 1.82) is 0 Å². The molecule has 1 aromatic rings. The Kier molecular flexibility index (Phi) is 11.0. The second-order valence-corrected chi connectivity index (χ2v) is 10.9. The van der Waals surface area contributed by atoms with Crippen LogP contribution in [0.5, 0.6) is 0 Å². The molecule has 11 nitrogen and oxygen atoms in total. The van der Waals surface area contributed by atoms with E-state index in [0.717, 1.165) is 0 Å². The zero-order valence-electron chi connectivity index (χ0n) is 22.4. The number of alkyl carbamates (subject to hydrolysis) is 1. The van der Waals surface area contributed by atoms with Crippen molar-refractivity contribution in [3.8, 4) is 0 Å². The Morgan fingerprint density at radius 1 is 0.972 bits per heavy atom. The number of methoxy groups -OCH3 is 2. The van der Waals surface area contributed by atoms with Gasteiger partial charge in [0.15, 0.2) is 0 Å². The van der Waals surface area contributed by atoms with Gasteiger partial charge in [-0.05, 0) is 77.7 Å². The van der Waals surface area contributed by atoms with Crippen LogP contribution >= 0.6 is 11.8 Å². The molecule has 1 atom stereocenters. The standard InChI is InChI=1S/C24H37N3O8S/c1-22(2,3)34-20(30)27(21(31)35-23(4,5)6)17-14-16(10-12-25-17)15-24(11-13-36-9,18(28)32-7)26-19(29)33-8/h10,12,14H,11,13,15H2,1-9H3,(H,26,29). The van der Waals surface area contributed by atoms with E-state index in [0.29, 0.717) is 16.2 Å². The molecule has 0 aliphatic rings. The molecule has 0 saturated heterocycles. The van der Waals surface area contributed by atoms with Crippen LogP contribution < -0.4 is 10.2 Å². The van der Waals surface area contributed by atoms with Gasteiger partial charge >= 0.3 is 24.2 Å². The van der Waals surface area contributed by atoms with Crippen LogP contribution in [0.3, 0.4) is 0 Å². The van der Waals surface area contributed by atoms with E-state index in [1.54, 1.807) is 47.6 Å². The van der Waals surface area contributed by atoms with Gasteiger partial charge in [-0.1, -0.05) is 0 Å². The zero-order valence-corrected chi connectivity index (χ0v) is 23.2. The molecule has 3 amide bonds. The molecule has 202 valence electrons. The minimum absolute atomic E-state index is 0.0265. The van der Waals surface area contributed by atoms with E-state index < -0.39 is 41.0 Å². The lowest BCUT2D eigenvalue weighted by Gasteiger charge is -2.32. The Balaban J connectivity index is 3.53. The average molecular weight is 528 g/mol. The number of hydrogen-bond acceptors (Lipinski definition) is 10. The lowest BCUT2D eigenvalue weighted by molar-refractivity contribution is -0.148. The maximum atomic E-state index is 13.0. The Bertz CT molecular complexity index is 914. The van der Waals surface area contributed by atoms with Gasteiger partial charge in [-0.3, -0.25) is 0 Å². The number of imide groups is 1. The van der Waals surface area contributed by atoms with Gasteiger partial charge < -0.3 is 24.3 Å². The quantitative estimate of drug-likeness (QED) is 0.385. The predicted octanol–water partition coefficient (Wildman–Crippen LogP) is 4.32. The smallest absolute Gasteiger partial charge is 0.425 e. The number of hydrogen-bond donors (Lipinski definition) is 1. The molecule has 0 fully saturated rings. The molecule has 0 saturated carbocycles. The molecule has 0 aliphatic carbocycles. The van der Waals surface area contributed by atoms with Crippen LogP contribution in [-0.4, -0.2) is 72.2 Å². The second kappa shape index (κ2) is 12.8. The first kappa shape index (κ1) is 31.0. The predicted molar refractivity (Wildman–Crippen MR) is 136 cm³/mol. The van der Waals surface area contributed by atoms with Crippen molar-refractivity contribution in [3.05, 3.63) is 23.9 Å². The summed E-state index contributed by atoms with van der Waals surface area (Å²) < 4.78 is 20.5. The maximum Gasteiger partial charge on any atom is 0.425 e. The summed E-state index contributed by atoms with van der Waals surface area (Å²) in [6, 6.07) is 3.05. The van der Waals surface area contributed by atoms with Gasteiger partial charge in [0.25, 0.3) is 0 Å². The Hall–Kier alpha value is -3.02. The zero-order chi connectivity index (χ0) is 27.7. The minimum Gasteiger partial charge on any atom is -0.467 e. The first-order valence-electron chi connectivity index (χ1n) is 11.2. The Morgan fingerprint density at radius 2 is 1.53 bits per heavy atom. The van der Waals surface area contributed by atoms with E-state index in [-0.39, 0.29) is 18.7 Å². The Morgan fingerprint density at radius 3 is 1.97 bits per heavy atom. The van der Waals surface area contributed by atoms with Gasteiger partial charge in [-0.15, -0.1) is 0 Å². The summed E-state index contributed by atoms with van der Waals surface area (Å²) in [7, 11) is 2.41. The monoisotopic (exact) mass is 527 g/mol. The van der Waals surface area contributed by atoms with Gasteiger partial charge in [-0.2, -0.15) is 16.7 Å². The lowest BCUT2D eigenvalue weighted by Crippen LogP contribution is -2.57. The van der Waals surface area contributed by atoms with Gasteiger partial charge in [0, 0.05) is 12.6 Å². The molecule has 0 radical (unpaired) electrons. The third-order valence-electron chi connectivity index (χ3n) is 4.53. The SMILES string of the molecule is COC(=O)NC(CCSC)(Cc1ccnc(N(C(=O)OC(C)(C)C)C(=O)OC(C)(C)C)c1)C(=O)OC. The van der Waals surface area contributed by atoms with Crippen LogP contribution in [0.15, 0.2) is 18.3 Å². The third-order valence-corrected chi connectivity index (χ3v) is 5.15. The number of carbonyl (C=O) groups excluding carboxylic acids is 4. The van der Waals surface area contributed by atoms with E-state index in [4.69, 9.17) is 18.9 Å². The molecule has 12 heteroatoms. The molecule has 1 unspecified atom stereocenters. The highest BCUT2D eigenvalue weighted by molar-refractivity contribution is 7.98. The van der Waals surface area contributed by atoms with Crippen molar-refractivity contribution >= 4 is 41.8 Å². The number of ether oxygens (including phenoxy) is 4. The van der Waals surface area contributed by atoms with Crippen molar-refractivity contribution in [1.82, 2.24) is 10.3 Å². The average Bonchev–Trinajstić information content (AvgIpc) is 2.74. The molecular weight excluding hydrogens is 490 g/mol. The summed E-state index contributed by atoms with van der Waals surface area (Å²) in [6.07, 6.45) is 0.689. The molecule has 0 spiro atoms. The van der Waals surface area contributed by atoms with Crippen LogP contribution in [0.2, 0.25) is 0 Å². The number of carbonyl (C=O) groups is 4. The molecule has 0 aliphatic heterocycles. The summed E-state index contributed by atoms with van der Waals surface area (Å²) in [5.41, 5.74) is -2.76. The topological polar surface area (TPSA) is 133 Å². The molecular formula is C24H37N3O8S. The highest BCUT2D eigenvalue weighted by Crippen LogP contribution is 2.26. The normalized spacial score (nSPS) is 13.1. The number of amides is 3. The van der Waals surface area contributed by atoms with E-state index in [1.165, 1.54) is 38.2 Å². The molecule has 1 aromatic heterocycles. The number of anilines is 1. The Labute approximate surface area is 216 Å². The first-order chi connectivity index (χ1) is 16.6. The third kappa shape index (κ3) is 9.56. The summed E-state index contributed by atoms with van der Waals surface area (Å²) in [5.74, 6) is -0.215. The highest BCUT2D eigenvalue weighted by Gasteiger charge is 2.42. The van der Waals surface area contributed by atoms with Gasteiger partial charge in [0.05, 0.1) is 14.2 Å². The number of pyridine rings is 1. The van der Waals surface area contributed by atoms with Crippen molar-refractivity contribution in [2.45, 2.75) is 71.1 Å². The van der Waals surface area contributed by atoms with E-state index in [9.17, 15) is 19.2 Å². The van der Waals surface area contributed by atoms with Crippen molar-refractivity contribution in [3.63, 3.8) is 0 Å². The van der Waals surface area contributed by atoms with Gasteiger partial charge in [0.1, 0.15) is 22.6 Å². The largest absolute Gasteiger partial charge is 0.467 e. The summed E-state index contributed by atoms with van der Waals surface area (Å²) in [4.78, 5) is 55.8. The van der Waals surface area contributed by atoms with Crippen LogP contribution in [0.1, 0.15) is 53.5 Å². The summed E-state index contributed by atoms with van der Waals surface area (Å²) in [5, 5.41) is 2.60. The summed E-state index contributed by atoms with van der Waals surface area (Å²) in [6.45, 7) is 9.98. The molecule has 1 N–H and O–H groups in total. The van der Waals surface area contributed by atoms with Crippen molar-refractivity contribution in [2.75, 3.05) is 31.1 Å². The number of aromatic nitrogens is 1. The van der Waals surface area contributed by atoms with Crippen LogP contribution in [-0.2, 0) is 30.2 Å². The van der Waals surface area contributed by atoms with E-state index in [2.05, 4.69) is 10.3 Å². The number of esters is 1. The van der Waals surface area contributed by atoms with Crippen molar-refractivity contribution in [2.24, 2.45) is 0 Å². The molecule has 1 rings (SSSR count). The summed E-state index contributed by atoms with van der Waals surface area (Å²) >= 11 is 1.49. The fourth-order valence-corrected chi connectivity index (χ4v) is 3.61. The number of rotatable bonds is 8. The lowest BCUT2D eigenvalue weighted by atomic mass is 9.88. The van der Waals surface area contributed by atoms with Gasteiger partial charge in [0.2, 0.25) is 0 Å². The maximum absolute atomic E-state index is 13.0. The number of nitrogens with zero attached hydrogens (tertiary/aromatic N) is 2. The van der Waals surface area contributed by atoms with Crippen LogP contribution in [0, 0.1) is 0 Å². The fraction of sp³-hybridized carbons (Fsp3) is 0.625. The van der Waals surface area contributed by atoms with Crippen LogP contribution in [0.4, 0.5) is 20.2 Å². The molecule has 0 bridgehead atoms. The van der Waals surface area contributed by atoms with Gasteiger partial charge in [-0.25, -0.2) is 24.2 Å². The fourth-order valence-electron chi connectivity index (χ4n) is 3.06. The van der Waals surface area contributed by atoms with Crippen molar-refractivity contribution < 1.29 is 38.1 Å². The number of thioether (sulfide) groups is 1. The number of nitrogens with one attached hydrogen (secondary N) is 1. The van der Waals surface area contributed by atoms with E-state index >= 15 is 0 Å². The molecule has 0 aromatic carbocycles. The first-order valence-corrected chi connectivity index (χ1v) is 12.6. The second-order valence-electron chi connectivity index (χ2n) is 9.93. The van der Waals surface area contributed by atoms with E-state index in [1.807, 2.05) is 6.26 Å². The highest BCUT2D eigenvalue weighted by atomic mass is 32.2. The molecule has 36 heavy (non-hydrogen) atoms.